The number of aromatic nitrogens is 1. The summed E-state index contributed by atoms with van der Waals surface area (Å²) in [6, 6.07) is 7.48. The fourth-order valence-electron chi connectivity index (χ4n) is 2.75. The molecule has 0 aliphatic carbocycles. The third-order valence-electron chi connectivity index (χ3n) is 4.26. The Morgan fingerprint density at radius 2 is 2.19 bits per heavy atom. The molecule has 2 aromatic rings. The van der Waals surface area contributed by atoms with Crippen LogP contribution in [0, 0.1) is 6.92 Å². The number of carbonyl (C=O) groups excluding carboxylic acids is 1. The van der Waals surface area contributed by atoms with Gasteiger partial charge in [0, 0.05) is 24.4 Å². The lowest BCUT2D eigenvalue weighted by atomic mass is 10.2. The summed E-state index contributed by atoms with van der Waals surface area (Å²) in [6.07, 6.45) is 0.549. The van der Waals surface area contributed by atoms with E-state index in [0.29, 0.717) is 30.4 Å². The van der Waals surface area contributed by atoms with Crippen LogP contribution >= 0.6 is 11.3 Å². The van der Waals surface area contributed by atoms with Crippen LogP contribution in [0.3, 0.4) is 0 Å². The van der Waals surface area contributed by atoms with Gasteiger partial charge in [0.2, 0.25) is 10.0 Å². The fourth-order valence-corrected chi connectivity index (χ4v) is 5.12. The van der Waals surface area contributed by atoms with Crippen molar-refractivity contribution in [1.29, 1.82) is 0 Å². The molecule has 0 unspecified atom stereocenters. The van der Waals surface area contributed by atoms with Crippen LogP contribution in [0.5, 0.6) is 5.75 Å². The van der Waals surface area contributed by atoms with Crippen molar-refractivity contribution in [3.8, 4) is 5.75 Å². The average molecular weight is 410 g/mol. The van der Waals surface area contributed by atoms with Crippen molar-refractivity contribution in [3.63, 3.8) is 0 Å². The van der Waals surface area contributed by atoms with Crippen molar-refractivity contribution in [3.05, 3.63) is 40.4 Å². The molecule has 0 saturated carbocycles. The van der Waals surface area contributed by atoms with Crippen molar-refractivity contribution in [2.24, 2.45) is 0 Å². The molecule has 7 nitrogen and oxygen atoms in total. The van der Waals surface area contributed by atoms with Crippen LogP contribution in [0.25, 0.3) is 0 Å². The minimum Gasteiger partial charge on any atom is -0.484 e. The first-order valence-corrected chi connectivity index (χ1v) is 11.0. The second kappa shape index (κ2) is 7.95. The van der Waals surface area contributed by atoms with Crippen molar-refractivity contribution >= 4 is 32.4 Å². The molecule has 0 radical (unpaired) electrons. The Balaban J connectivity index is 1.60. The lowest BCUT2D eigenvalue weighted by Crippen LogP contribution is -2.39. The zero-order valence-corrected chi connectivity index (χ0v) is 17.2. The number of nitrogens with zero attached hydrogens (tertiary/aromatic N) is 2. The number of nitrogens with one attached hydrogen (secondary N) is 1. The molecule has 0 atom stereocenters. The highest BCUT2D eigenvalue weighted by Gasteiger charge is 2.31. The van der Waals surface area contributed by atoms with Gasteiger partial charge in [0.15, 0.2) is 11.7 Å². The standard InChI is InChI=1S/C18H23N3O4S2/c1-12(2)27(23,24)21-8-7-15-16(10-21)26-18(19-15)20-17(22)11-25-14-6-4-5-13(3)9-14/h4-6,9,12H,7-8,10-11H2,1-3H3,(H,19,20,22). The Kier molecular flexibility index (Phi) is 5.83. The minimum atomic E-state index is -3.29. The van der Waals surface area contributed by atoms with Crippen LogP contribution in [0.4, 0.5) is 5.13 Å². The molecule has 1 N–H and O–H groups in total. The van der Waals surface area contributed by atoms with Gasteiger partial charge in [-0.1, -0.05) is 12.1 Å². The van der Waals surface area contributed by atoms with Crippen molar-refractivity contribution in [1.82, 2.24) is 9.29 Å². The van der Waals surface area contributed by atoms with Gasteiger partial charge in [-0.3, -0.25) is 10.1 Å². The van der Waals surface area contributed by atoms with Gasteiger partial charge >= 0.3 is 0 Å². The second-order valence-electron chi connectivity index (χ2n) is 6.72. The molecule has 0 spiro atoms. The largest absolute Gasteiger partial charge is 0.484 e. The van der Waals surface area contributed by atoms with E-state index in [-0.39, 0.29) is 12.5 Å². The lowest BCUT2D eigenvalue weighted by Gasteiger charge is -2.26. The van der Waals surface area contributed by atoms with Gasteiger partial charge in [-0.2, -0.15) is 4.31 Å². The molecule has 0 saturated heterocycles. The third-order valence-corrected chi connectivity index (χ3v) is 7.48. The smallest absolute Gasteiger partial charge is 0.264 e. The molecule has 2 heterocycles. The van der Waals surface area contributed by atoms with E-state index in [2.05, 4.69) is 10.3 Å². The van der Waals surface area contributed by atoms with Crippen molar-refractivity contribution in [2.45, 2.75) is 39.0 Å². The van der Waals surface area contributed by atoms with Gasteiger partial charge in [0.05, 0.1) is 10.9 Å². The van der Waals surface area contributed by atoms with Gasteiger partial charge in [0.1, 0.15) is 5.75 Å². The summed E-state index contributed by atoms with van der Waals surface area (Å²) < 4.78 is 31.7. The molecule has 0 bridgehead atoms. The summed E-state index contributed by atoms with van der Waals surface area (Å²) in [5.74, 6) is 0.340. The molecule has 1 aromatic heterocycles. The highest BCUT2D eigenvalue weighted by atomic mass is 32.2. The summed E-state index contributed by atoms with van der Waals surface area (Å²) in [6.45, 7) is 5.93. The fraction of sp³-hybridized carbons (Fsp3) is 0.444. The van der Waals surface area contributed by atoms with Gasteiger partial charge in [-0.25, -0.2) is 13.4 Å². The Bertz CT molecular complexity index is 938. The Labute approximate surface area is 163 Å². The monoisotopic (exact) mass is 409 g/mol. The molecule has 9 heteroatoms. The van der Waals surface area contributed by atoms with E-state index in [1.54, 1.807) is 19.9 Å². The molecule has 1 aliphatic heterocycles. The summed E-state index contributed by atoms with van der Waals surface area (Å²) in [4.78, 5) is 17.4. The molecular formula is C18H23N3O4S2. The Morgan fingerprint density at radius 3 is 2.89 bits per heavy atom. The number of anilines is 1. The van der Waals surface area contributed by atoms with Crippen LogP contribution in [0.2, 0.25) is 0 Å². The number of hydrogen-bond acceptors (Lipinski definition) is 6. The molecule has 146 valence electrons. The Hall–Kier alpha value is -1.97. The molecule has 27 heavy (non-hydrogen) atoms. The maximum Gasteiger partial charge on any atom is 0.264 e. The average Bonchev–Trinajstić information content (AvgIpc) is 3.01. The number of aryl methyl sites for hydroxylation is 1. The van der Waals surface area contributed by atoms with Gasteiger partial charge in [-0.15, -0.1) is 11.3 Å². The number of ether oxygens (including phenoxy) is 1. The normalized spacial score (nSPS) is 14.8. The van der Waals surface area contributed by atoms with E-state index in [4.69, 9.17) is 4.74 Å². The predicted octanol–water partition coefficient (Wildman–Crippen LogP) is 2.57. The summed E-state index contributed by atoms with van der Waals surface area (Å²) in [5.41, 5.74) is 1.91. The number of fused-ring (bicyclic) bond motifs is 1. The first kappa shape index (κ1) is 19.8. The molecule has 1 aromatic carbocycles. The summed E-state index contributed by atoms with van der Waals surface area (Å²) in [5, 5.41) is 2.76. The van der Waals surface area contributed by atoms with Crippen LogP contribution in [-0.2, 0) is 27.8 Å². The number of sulfonamides is 1. The van der Waals surface area contributed by atoms with E-state index < -0.39 is 15.3 Å². The number of amides is 1. The first-order valence-electron chi connectivity index (χ1n) is 8.72. The molecular weight excluding hydrogens is 386 g/mol. The highest BCUT2D eigenvalue weighted by molar-refractivity contribution is 7.89. The molecule has 3 rings (SSSR count). The number of rotatable bonds is 6. The number of benzene rings is 1. The van der Waals surface area contributed by atoms with Gasteiger partial charge < -0.3 is 4.74 Å². The lowest BCUT2D eigenvalue weighted by molar-refractivity contribution is -0.118. The molecule has 0 fully saturated rings. The van der Waals surface area contributed by atoms with Gasteiger partial charge in [0.25, 0.3) is 5.91 Å². The SMILES string of the molecule is Cc1cccc(OCC(=O)Nc2nc3c(s2)CN(S(=O)(=O)C(C)C)CC3)c1. The third kappa shape index (κ3) is 4.66. The highest BCUT2D eigenvalue weighted by Crippen LogP contribution is 2.30. The number of hydrogen-bond donors (Lipinski definition) is 1. The van der Waals surface area contributed by atoms with E-state index in [9.17, 15) is 13.2 Å². The number of carbonyl (C=O) groups is 1. The summed E-state index contributed by atoms with van der Waals surface area (Å²) in [7, 11) is -3.29. The van der Waals surface area contributed by atoms with Crippen LogP contribution < -0.4 is 10.1 Å². The topological polar surface area (TPSA) is 88.6 Å². The van der Waals surface area contributed by atoms with Crippen LogP contribution in [-0.4, -0.2) is 42.0 Å². The zero-order valence-electron chi connectivity index (χ0n) is 15.6. The second-order valence-corrected chi connectivity index (χ2v) is 10.3. The van der Waals surface area contributed by atoms with Crippen LogP contribution in [0.15, 0.2) is 24.3 Å². The molecule has 1 amide bonds. The predicted molar refractivity (Wildman–Crippen MR) is 106 cm³/mol. The van der Waals surface area contributed by atoms with E-state index in [1.807, 2.05) is 25.1 Å². The Morgan fingerprint density at radius 1 is 1.41 bits per heavy atom. The van der Waals surface area contributed by atoms with Crippen molar-refractivity contribution < 1.29 is 17.9 Å². The summed E-state index contributed by atoms with van der Waals surface area (Å²) >= 11 is 1.31. The molecule has 1 aliphatic rings. The quantitative estimate of drug-likeness (QED) is 0.792. The van der Waals surface area contributed by atoms with Crippen molar-refractivity contribution in [2.75, 3.05) is 18.5 Å². The zero-order chi connectivity index (χ0) is 19.6. The number of thiazole rings is 1. The maximum atomic E-state index is 12.3. The van der Waals surface area contributed by atoms with Crippen LogP contribution in [0.1, 0.15) is 30.0 Å². The van der Waals surface area contributed by atoms with E-state index in [0.717, 1.165) is 16.1 Å². The first-order chi connectivity index (χ1) is 12.8. The maximum absolute atomic E-state index is 12.3. The van der Waals surface area contributed by atoms with Gasteiger partial charge in [-0.05, 0) is 38.5 Å². The van der Waals surface area contributed by atoms with E-state index in [1.165, 1.54) is 15.6 Å². The minimum absolute atomic E-state index is 0.110. The van der Waals surface area contributed by atoms with E-state index >= 15 is 0 Å².